The first-order valence-corrected chi connectivity index (χ1v) is 11.6. The van der Waals surface area contributed by atoms with Crippen LogP contribution < -0.4 is 16.0 Å². The lowest BCUT2D eigenvalue weighted by Crippen LogP contribution is -2.44. The number of nitrogens with one attached hydrogen (secondary N) is 3. The Labute approximate surface area is 202 Å². The maximum absolute atomic E-state index is 12.8. The van der Waals surface area contributed by atoms with Crippen molar-refractivity contribution in [1.29, 1.82) is 0 Å². The van der Waals surface area contributed by atoms with Crippen molar-refractivity contribution in [2.75, 3.05) is 11.9 Å². The van der Waals surface area contributed by atoms with Crippen LogP contribution in [0, 0.1) is 13.8 Å². The largest absolute Gasteiger partial charge is 0.444 e. The number of carbonyl (C=O) groups excluding carboxylic acids is 2. The summed E-state index contributed by atoms with van der Waals surface area (Å²) < 4.78 is 5.35. The van der Waals surface area contributed by atoms with Crippen molar-refractivity contribution >= 4 is 28.5 Å². The molecule has 0 fully saturated rings. The number of carbonyl (C=O) groups is 2. The van der Waals surface area contributed by atoms with Gasteiger partial charge < -0.3 is 20.7 Å². The lowest BCUT2D eigenvalue weighted by atomic mass is 10.1. The van der Waals surface area contributed by atoms with Gasteiger partial charge >= 0.3 is 6.09 Å². The highest BCUT2D eigenvalue weighted by atomic mass is 16.6. The third-order valence-electron chi connectivity index (χ3n) is 5.39. The van der Waals surface area contributed by atoms with Crippen LogP contribution in [0.25, 0.3) is 10.8 Å². The topological polar surface area (TPSA) is 79.5 Å². The lowest BCUT2D eigenvalue weighted by Gasteiger charge is -2.23. The van der Waals surface area contributed by atoms with Gasteiger partial charge in [0.05, 0.1) is 0 Å². The molecular weight excluding hydrogens is 426 g/mol. The third-order valence-corrected chi connectivity index (χ3v) is 5.39. The van der Waals surface area contributed by atoms with Gasteiger partial charge in [-0.25, -0.2) is 4.79 Å². The van der Waals surface area contributed by atoms with E-state index < -0.39 is 11.7 Å². The first kappa shape index (κ1) is 25.2. The standard InChI is InChI=1S/C28H35N3O3/c1-19-10-13-25(20(2)14-19)31-26(32)16-24(18-30-27(33)34-28(3,4)5)29-17-21-11-12-22-8-6-7-9-23(22)15-21/h6-15,24,29H,16-18H2,1-5H3,(H,30,33)(H,31,32). The van der Waals surface area contributed by atoms with E-state index in [4.69, 9.17) is 4.74 Å². The molecule has 0 bridgehead atoms. The lowest BCUT2D eigenvalue weighted by molar-refractivity contribution is -0.116. The summed E-state index contributed by atoms with van der Waals surface area (Å²) in [4.78, 5) is 25.0. The first-order valence-electron chi connectivity index (χ1n) is 11.6. The molecule has 6 heteroatoms. The summed E-state index contributed by atoms with van der Waals surface area (Å²) in [6.45, 7) is 10.3. The molecule has 0 aromatic heterocycles. The number of aryl methyl sites for hydroxylation is 2. The highest BCUT2D eigenvalue weighted by Gasteiger charge is 2.19. The highest BCUT2D eigenvalue weighted by Crippen LogP contribution is 2.17. The SMILES string of the molecule is Cc1ccc(NC(=O)CC(CNC(=O)OC(C)(C)C)NCc2ccc3ccccc3c2)c(C)c1. The zero-order valence-electron chi connectivity index (χ0n) is 20.7. The molecule has 3 aromatic rings. The van der Waals surface area contributed by atoms with Gasteiger partial charge in [-0.15, -0.1) is 0 Å². The van der Waals surface area contributed by atoms with Crippen LogP contribution in [0.2, 0.25) is 0 Å². The van der Waals surface area contributed by atoms with Gasteiger partial charge in [-0.1, -0.05) is 54.1 Å². The maximum Gasteiger partial charge on any atom is 0.407 e. The molecule has 180 valence electrons. The third kappa shape index (κ3) is 7.89. The Bertz CT molecular complexity index is 1150. The quantitative estimate of drug-likeness (QED) is 0.416. The normalized spacial score (nSPS) is 12.3. The fraction of sp³-hybridized carbons (Fsp3) is 0.357. The average Bonchev–Trinajstić information content (AvgIpc) is 2.76. The second-order valence-electron chi connectivity index (χ2n) is 9.71. The predicted octanol–water partition coefficient (Wildman–Crippen LogP) is 5.47. The average molecular weight is 462 g/mol. The number of hydrogen-bond acceptors (Lipinski definition) is 4. The minimum absolute atomic E-state index is 0.117. The Hall–Kier alpha value is -3.38. The van der Waals surface area contributed by atoms with Crippen molar-refractivity contribution in [3.8, 4) is 0 Å². The van der Waals surface area contributed by atoms with Crippen LogP contribution in [0.5, 0.6) is 0 Å². The van der Waals surface area contributed by atoms with Gasteiger partial charge in [0.15, 0.2) is 0 Å². The molecule has 0 aliphatic carbocycles. The molecule has 0 aliphatic heterocycles. The van der Waals surface area contributed by atoms with Crippen molar-refractivity contribution < 1.29 is 14.3 Å². The molecule has 0 aliphatic rings. The van der Waals surface area contributed by atoms with Crippen molar-refractivity contribution in [2.45, 2.75) is 59.2 Å². The van der Waals surface area contributed by atoms with Crippen LogP contribution in [0.15, 0.2) is 60.7 Å². The van der Waals surface area contributed by atoms with Gasteiger partial charge in [-0.3, -0.25) is 4.79 Å². The number of rotatable bonds is 8. The zero-order valence-corrected chi connectivity index (χ0v) is 20.7. The number of anilines is 1. The molecule has 3 rings (SSSR count). The van der Waals surface area contributed by atoms with E-state index >= 15 is 0 Å². The Kier molecular flexibility index (Phi) is 8.29. The van der Waals surface area contributed by atoms with E-state index in [-0.39, 0.29) is 24.9 Å². The Morgan fingerprint density at radius 1 is 0.941 bits per heavy atom. The summed E-state index contributed by atoms with van der Waals surface area (Å²) in [5, 5.41) is 11.6. The van der Waals surface area contributed by atoms with Crippen molar-refractivity contribution in [2.24, 2.45) is 0 Å². The smallest absolute Gasteiger partial charge is 0.407 e. The Balaban J connectivity index is 1.65. The van der Waals surface area contributed by atoms with Crippen LogP contribution >= 0.6 is 0 Å². The van der Waals surface area contributed by atoms with E-state index in [1.54, 1.807) is 0 Å². The fourth-order valence-electron chi connectivity index (χ4n) is 3.73. The fourth-order valence-corrected chi connectivity index (χ4v) is 3.73. The van der Waals surface area contributed by atoms with E-state index in [1.165, 1.54) is 5.39 Å². The van der Waals surface area contributed by atoms with Crippen LogP contribution in [-0.4, -0.2) is 30.2 Å². The molecule has 0 saturated carbocycles. The molecular formula is C28H35N3O3. The van der Waals surface area contributed by atoms with Crippen molar-refractivity contribution in [3.63, 3.8) is 0 Å². The summed E-state index contributed by atoms with van der Waals surface area (Å²) >= 11 is 0. The summed E-state index contributed by atoms with van der Waals surface area (Å²) in [5.74, 6) is -0.117. The van der Waals surface area contributed by atoms with Gasteiger partial charge in [-0.05, 0) is 68.7 Å². The van der Waals surface area contributed by atoms with E-state index in [0.717, 1.165) is 27.8 Å². The number of alkyl carbamates (subject to hydrolysis) is 1. The van der Waals surface area contributed by atoms with Gasteiger partial charge in [0, 0.05) is 31.2 Å². The molecule has 1 unspecified atom stereocenters. The molecule has 6 nitrogen and oxygen atoms in total. The number of hydrogen-bond donors (Lipinski definition) is 3. The van der Waals surface area contributed by atoms with Crippen LogP contribution in [0.3, 0.4) is 0 Å². The molecule has 3 N–H and O–H groups in total. The van der Waals surface area contributed by atoms with Crippen LogP contribution in [0.4, 0.5) is 10.5 Å². The molecule has 34 heavy (non-hydrogen) atoms. The van der Waals surface area contributed by atoms with E-state index in [0.29, 0.717) is 6.54 Å². The minimum atomic E-state index is -0.585. The molecule has 2 amide bonds. The summed E-state index contributed by atoms with van der Waals surface area (Å²) in [7, 11) is 0. The van der Waals surface area contributed by atoms with Gasteiger partial charge in [-0.2, -0.15) is 0 Å². The summed E-state index contributed by atoms with van der Waals surface area (Å²) in [5.41, 5.74) is 3.48. The molecule has 0 spiro atoms. The number of ether oxygens (including phenoxy) is 1. The van der Waals surface area contributed by atoms with Crippen LogP contribution in [0.1, 0.15) is 43.9 Å². The molecule has 0 saturated heterocycles. The number of fused-ring (bicyclic) bond motifs is 1. The van der Waals surface area contributed by atoms with Crippen molar-refractivity contribution in [3.05, 3.63) is 77.4 Å². The minimum Gasteiger partial charge on any atom is -0.444 e. The van der Waals surface area contributed by atoms with E-state index in [2.05, 4.69) is 46.3 Å². The highest BCUT2D eigenvalue weighted by molar-refractivity contribution is 5.92. The van der Waals surface area contributed by atoms with E-state index in [9.17, 15) is 9.59 Å². The zero-order chi connectivity index (χ0) is 24.7. The maximum atomic E-state index is 12.8. The van der Waals surface area contributed by atoms with Crippen molar-refractivity contribution in [1.82, 2.24) is 10.6 Å². The summed E-state index contributed by atoms with van der Waals surface area (Å²) in [6.07, 6.45) is -0.295. The summed E-state index contributed by atoms with van der Waals surface area (Å²) in [6, 6.07) is 20.2. The van der Waals surface area contributed by atoms with Gasteiger partial charge in [0.25, 0.3) is 0 Å². The molecule has 0 radical (unpaired) electrons. The van der Waals surface area contributed by atoms with Crippen LogP contribution in [-0.2, 0) is 16.1 Å². The Morgan fingerprint density at radius 2 is 1.68 bits per heavy atom. The predicted molar refractivity (Wildman–Crippen MR) is 138 cm³/mol. The Morgan fingerprint density at radius 3 is 2.38 bits per heavy atom. The molecule has 1 atom stereocenters. The van der Waals surface area contributed by atoms with E-state index in [1.807, 2.05) is 65.0 Å². The molecule has 3 aromatic carbocycles. The second-order valence-corrected chi connectivity index (χ2v) is 9.71. The van der Waals surface area contributed by atoms with Gasteiger partial charge in [0.2, 0.25) is 5.91 Å². The number of amides is 2. The number of benzene rings is 3. The molecule has 0 heterocycles. The second kappa shape index (κ2) is 11.2. The first-order chi connectivity index (χ1) is 16.1. The monoisotopic (exact) mass is 461 g/mol. The van der Waals surface area contributed by atoms with Gasteiger partial charge in [0.1, 0.15) is 5.60 Å².